The van der Waals surface area contributed by atoms with Gasteiger partial charge in [0.15, 0.2) is 0 Å². The van der Waals surface area contributed by atoms with Crippen molar-refractivity contribution in [1.29, 1.82) is 0 Å². The first-order valence-corrected chi connectivity index (χ1v) is 7.31. The Labute approximate surface area is 122 Å². The third-order valence-corrected chi connectivity index (χ3v) is 4.40. The molecule has 0 saturated heterocycles. The molecule has 0 aliphatic heterocycles. The minimum absolute atomic E-state index is 0.993. The van der Waals surface area contributed by atoms with Crippen LogP contribution in [0.15, 0.2) is 48.7 Å². The van der Waals surface area contributed by atoms with Gasteiger partial charge in [-0.2, -0.15) is 0 Å². The zero-order valence-corrected chi connectivity index (χ0v) is 11.8. The van der Waals surface area contributed by atoms with Gasteiger partial charge in [-0.25, -0.2) is 4.98 Å². The predicted molar refractivity (Wildman–Crippen MR) is 87.5 cm³/mol. The number of aryl methyl sites for hydroxylation is 1. The number of rotatable bonds is 0. The van der Waals surface area contributed by atoms with E-state index in [-0.39, 0.29) is 0 Å². The Bertz CT molecular complexity index is 1110. The van der Waals surface area contributed by atoms with Crippen LogP contribution in [-0.4, -0.2) is 9.38 Å². The van der Waals surface area contributed by atoms with Crippen molar-refractivity contribution in [2.45, 2.75) is 13.3 Å². The molecule has 1 aliphatic carbocycles. The fraction of sp³-hybridized carbons (Fsp3) is 0.105. The maximum absolute atomic E-state index is 4.93. The molecular weight excluding hydrogens is 256 g/mol. The highest BCUT2D eigenvalue weighted by molar-refractivity contribution is 6.08. The molecule has 5 rings (SSSR count). The molecule has 21 heavy (non-hydrogen) atoms. The van der Waals surface area contributed by atoms with Crippen molar-refractivity contribution in [3.8, 4) is 0 Å². The van der Waals surface area contributed by atoms with Crippen LogP contribution in [-0.2, 0) is 6.42 Å². The van der Waals surface area contributed by atoms with Crippen LogP contribution in [0.25, 0.3) is 33.5 Å². The van der Waals surface area contributed by atoms with Gasteiger partial charge in [-0.15, -0.1) is 0 Å². The molecule has 2 heteroatoms. The quantitative estimate of drug-likeness (QED) is 0.477. The Kier molecular flexibility index (Phi) is 1.97. The van der Waals surface area contributed by atoms with Crippen LogP contribution in [0.2, 0.25) is 0 Å². The molecule has 0 fully saturated rings. The summed E-state index contributed by atoms with van der Waals surface area (Å²) in [6.07, 6.45) is 9.75. The highest BCUT2D eigenvalue weighted by Gasteiger charge is 2.13. The lowest BCUT2D eigenvalue weighted by atomic mass is 10.0. The van der Waals surface area contributed by atoms with E-state index in [1.54, 1.807) is 0 Å². The summed E-state index contributed by atoms with van der Waals surface area (Å²) in [5.41, 5.74) is 6.06. The van der Waals surface area contributed by atoms with Crippen molar-refractivity contribution < 1.29 is 0 Å². The first-order valence-electron chi connectivity index (χ1n) is 7.31. The monoisotopic (exact) mass is 270 g/mol. The van der Waals surface area contributed by atoms with Gasteiger partial charge in [0, 0.05) is 16.8 Å². The largest absolute Gasteiger partial charge is 0.300 e. The van der Waals surface area contributed by atoms with Crippen molar-refractivity contribution in [2.24, 2.45) is 0 Å². The van der Waals surface area contributed by atoms with Crippen molar-refractivity contribution in [1.82, 2.24) is 9.38 Å². The normalized spacial score (nSPS) is 14.0. The summed E-state index contributed by atoms with van der Waals surface area (Å²) in [6, 6.07) is 10.9. The lowest BCUT2D eigenvalue weighted by Gasteiger charge is -2.09. The number of benzene rings is 2. The molecule has 0 N–H and O–H groups in total. The Hall–Kier alpha value is -2.61. The Balaban J connectivity index is 2.14. The van der Waals surface area contributed by atoms with E-state index in [1.165, 1.54) is 32.6 Å². The smallest absolute Gasteiger partial charge is 0.145 e. The van der Waals surface area contributed by atoms with E-state index < -0.39 is 0 Å². The van der Waals surface area contributed by atoms with Gasteiger partial charge in [-0.3, -0.25) is 0 Å². The summed E-state index contributed by atoms with van der Waals surface area (Å²) in [7, 11) is 0. The molecule has 1 aliphatic rings. The summed E-state index contributed by atoms with van der Waals surface area (Å²) in [5, 5.41) is 3.79. The van der Waals surface area contributed by atoms with Crippen LogP contribution in [0.3, 0.4) is 0 Å². The van der Waals surface area contributed by atoms with E-state index in [4.69, 9.17) is 4.98 Å². The fourth-order valence-corrected chi connectivity index (χ4v) is 3.49. The van der Waals surface area contributed by atoms with Gasteiger partial charge >= 0.3 is 0 Å². The van der Waals surface area contributed by atoms with Gasteiger partial charge in [0.25, 0.3) is 0 Å². The zero-order chi connectivity index (χ0) is 14.0. The van der Waals surface area contributed by atoms with Gasteiger partial charge in [0.05, 0.1) is 11.0 Å². The van der Waals surface area contributed by atoms with Gasteiger partial charge in [-0.1, -0.05) is 36.4 Å². The minimum atomic E-state index is 0.993. The summed E-state index contributed by atoms with van der Waals surface area (Å²) in [5.74, 6) is 0. The van der Waals surface area contributed by atoms with Crippen molar-refractivity contribution >= 4 is 33.5 Å². The molecule has 0 radical (unpaired) electrons. The van der Waals surface area contributed by atoms with Crippen LogP contribution in [0.4, 0.5) is 0 Å². The zero-order valence-electron chi connectivity index (χ0n) is 11.8. The van der Waals surface area contributed by atoms with E-state index in [9.17, 15) is 0 Å². The standard InChI is InChI=1S/C19H14N2/c1-12-9-13-6-4-8-16-18(13)17(10-12)21-11-14-5-2-3-7-15(14)19(21)20-16/h2-4,6-11H,5H2,1H3. The van der Waals surface area contributed by atoms with E-state index in [0.717, 1.165) is 17.6 Å². The average Bonchev–Trinajstić information content (AvgIpc) is 2.86. The van der Waals surface area contributed by atoms with E-state index in [0.29, 0.717) is 0 Å². The lowest BCUT2D eigenvalue weighted by Crippen LogP contribution is -2.08. The molecule has 2 heterocycles. The number of fused-ring (bicyclic) bond motifs is 4. The molecule has 4 aromatic rings. The molecule has 2 nitrogen and oxygen atoms in total. The number of nitrogens with zero attached hydrogens (tertiary/aromatic N) is 2. The third kappa shape index (κ3) is 1.39. The molecule has 0 atom stereocenters. The first-order chi connectivity index (χ1) is 10.3. The molecule has 0 unspecified atom stereocenters. The lowest BCUT2D eigenvalue weighted by molar-refractivity contribution is 1.19. The molecule has 0 amide bonds. The molecule has 0 bridgehead atoms. The Morgan fingerprint density at radius 2 is 2.14 bits per heavy atom. The van der Waals surface area contributed by atoms with Crippen LogP contribution in [0.5, 0.6) is 0 Å². The van der Waals surface area contributed by atoms with E-state index in [1.807, 2.05) is 0 Å². The maximum Gasteiger partial charge on any atom is 0.145 e. The highest BCUT2D eigenvalue weighted by atomic mass is 15.0. The molecule has 2 aromatic carbocycles. The van der Waals surface area contributed by atoms with E-state index >= 15 is 0 Å². The summed E-state index contributed by atoms with van der Waals surface area (Å²) in [6.45, 7) is 2.16. The van der Waals surface area contributed by atoms with Crippen LogP contribution < -0.4 is 5.22 Å². The van der Waals surface area contributed by atoms with E-state index in [2.05, 4.69) is 66.1 Å². The molecule has 2 aromatic heterocycles. The topological polar surface area (TPSA) is 17.3 Å². The van der Waals surface area contributed by atoms with Crippen LogP contribution in [0, 0.1) is 6.92 Å². The summed E-state index contributed by atoms with van der Waals surface area (Å²) >= 11 is 0. The second-order valence-electron chi connectivity index (χ2n) is 5.83. The number of aromatic nitrogens is 2. The Morgan fingerprint density at radius 1 is 1.19 bits per heavy atom. The number of hydrogen-bond acceptors (Lipinski definition) is 1. The molecule has 100 valence electrons. The van der Waals surface area contributed by atoms with Crippen LogP contribution in [0.1, 0.15) is 11.1 Å². The van der Waals surface area contributed by atoms with Crippen LogP contribution >= 0.6 is 0 Å². The molecule has 0 spiro atoms. The SMILES string of the molecule is Cc1cc2cccc3nc4c5c(cn4c(c1)c23)CC=CC=5. The average molecular weight is 270 g/mol. The van der Waals surface area contributed by atoms with Gasteiger partial charge in [0.2, 0.25) is 0 Å². The predicted octanol–water partition coefficient (Wildman–Crippen LogP) is 3.56. The van der Waals surface area contributed by atoms with Crippen molar-refractivity contribution in [2.75, 3.05) is 0 Å². The minimum Gasteiger partial charge on any atom is -0.300 e. The number of hydrogen-bond donors (Lipinski definition) is 0. The number of allylic oxidation sites excluding steroid dienone is 2. The Morgan fingerprint density at radius 3 is 3.10 bits per heavy atom. The fourth-order valence-electron chi connectivity index (χ4n) is 3.49. The third-order valence-electron chi connectivity index (χ3n) is 4.40. The summed E-state index contributed by atoms with van der Waals surface area (Å²) < 4.78 is 2.26. The van der Waals surface area contributed by atoms with Crippen molar-refractivity contribution in [3.63, 3.8) is 0 Å². The van der Waals surface area contributed by atoms with Gasteiger partial charge < -0.3 is 4.40 Å². The molecule has 0 saturated carbocycles. The van der Waals surface area contributed by atoms with Crippen molar-refractivity contribution in [3.05, 3.63) is 65.0 Å². The second-order valence-corrected chi connectivity index (χ2v) is 5.83. The second kappa shape index (κ2) is 3.73. The highest BCUT2D eigenvalue weighted by Crippen LogP contribution is 2.28. The van der Waals surface area contributed by atoms with Gasteiger partial charge in [0.1, 0.15) is 5.65 Å². The first kappa shape index (κ1) is 11.1. The maximum atomic E-state index is 4.93. The summed E-state index contributed by atoms with van der Waals surface area (Å²) in [4.78, 5) is 4.93. The van der Waals surface area contributed by atoms with Gasteiger partial charge in [-0.05, 0) is 42.0 Å². The molecular formula is C19H14N2.